The Bertz CT molecular complexity index is 1290. The van der Waals surface area contributed by atoms with E-state index in [2.05, 4.69) is 15.0 Å². The minimum atomic E-state index is 0.0810. The monoisotopic (exact) mass is 409 g/mol. The molecule has 4 nitrogen and oxygen atoms in total. The molecule has 2 aromatic carbocycles. The highest BCUT2D eigenvalue weighted by atomic mass is 35.5. The molecular weight excluding hydrogens is 398 g/mol. The van der Waals surface area contributed by atoms with Crippen molar-refractivity contribution < 1.29 is 4.79 Å². The maximum atomic E-state index is 12.7. The fourth-order valence-electron chi connectivity index (χ4n) is 3.05. The van der Waals surface area contributed by atoms with Crippen LogP contribution in [0.5, 0.6) is 0 Å². The number of ketones is 1. The van der Waals surface area contributed by atoms with Gasteiger partial charge in [0.15, 0.2) is 10.1 Å². The second kappa shape index (κ2) is 6.64. The highest BCUT2D eigenvalue weighted by molar-refractivity contribution is 8.01. The zero-order valence-corrected chi connectivity index (χ0v) is 16.3. The summed E-state index contributed by atoms with van der Waals surface area (Å²) >= 11 is 9.06. The van der Waals surface area contributed by atoms with Crippen molar-refractivity contribution in [1.82, 2.24) is 15.0 Å². The number of para-hydroxylation sites is 1. The summed E-state index contributed by atoms with van der Waals surface area (Å²) in [5, 5.41) is 2.38. The van der Waals surface area contributed by atoms with E-state index in [0.29, 0.717) is 16.5 Å². The van der Waals surface area contributed by atoms with Crippen LogP contribution >= 0.6 is 34.7 Å². The number of nitrogens with one attached hydrogen (secondary N) is 1. The molecule has 0 spiro atoms. The summed E-state index contributed by atoms with van der Waals surface area (Å²) < 4.78 is 2.05. The Kier molecular flexibility index (Phi) is 4.11. The zero-order valence-electron chi connectivity index (χ0n) is 13.9. The summed E-state index contributed by atoms with van der Waals surface area (Å²) in [6.45, 7) is 0. The largest absolute Gasteiger partial charge is 0.339 e. The van der Waals surface area contributed by atoms with Gasteiger partial charge < -0.3 is 4.98 Å². The normalized spacial score (nSPS) is 11.6. The first-order valence-corrected chi connectivity index (χ1v) is 10.4. The molecule has 0 aliphatic carbocycles. The van der Waals surface area contributed by atoms with Crippen molar-refractivity contribution in [3.63, 3.8) is 0 Å². The van der Waals surface area contributed by atoms with Gasteiger partial charge in [0, 0.05) is 21.9 Å². The van der Waals surface area contributed by atoms with Gasteiger partial charge in [-0.1, -0.05) is 35.5 Å². The van der Waals surface area contributed by atoms with Gasteiger partial charge in [0.1, 0.15) is 10.8 Å². The number of thiazole rings is 1. The van der Waals surface area contributed by atoms with Crippen molar-refractivity contribution in [2.24, 2.45) is 0 Å². The van der Waals surface area contributed by atoms with E-state index in [1.54, 1.807) is 17.4 Å². The SMILES string of the molecule is O=C(CSc1nc2ccccc2s1)c1ccc2[nH]c3nc(Cl)ccc3c2c1. The lowest BCUT2D eigenvalue weighted by Crippen LogP contribution is -2.01. The molecule has 0 aliphatic rings. The summed E-state index contributed by atoms with van der Waals surface area (Å²) in [5.74, 6) is 0.440. The first-order valence-electron chi connectivity index (χ1n) is 8.27. The van der Waals surface area contributed by atoms with E-state index in [-0.39, 0.29) is 5.78 Å². The molecule has 3 aromatic heterocycles. The summed E-state index contributed by atoms with van der Waals surface area (Å²) in [6, 6.07) is 17.4. The highest BCUT2D eigenvalue weighted by Gasteiger charge is 2.13. The van der Waals surface area contributed by atoms with Gasteiger partial charge in [-0.15, -0.1) is 11.3 Å². The van der Waals surface area contributed by atoms with Gasteiger partial charge in [-0.2, -0.15) is 0 Å². The van der Waals surface area contributed by atoms with Crippen LogP contribution in [0.2, 0.25) is 5.15 Å². The molecular formula is C20H12ClN3OS2. The Hall–Kier alpha value is -2.41. The standard InChI is InChI=1S/C20H12ClN3OS2/c21-18-8-6-12-13-9-11(5-7-14(13)22-19(12)24-18)16(25)10-26-20-23-15-3-1-2-4-17(15)27-20/h1-9H,10H2,(H,22,24). The highest BCUT2D eigenvalue weighted by Crippen LogP contribution is 2.31. The van der Waals surface area contributed by atoms with Crippen molar-refractivity contribution in [3.8, 4) is 0 Å². The van der Waals surface area contributed by atoms with Crippen molar-refractivity contribution in [1.29, 1.82) is 0 Å². The maximum absolute atomic E-state index is 12.7. The van der Waals surface area contributed by atoms with Gasteiger partial charge in [0.25, 0.3) is 0 Å². The Morgan fingerprint density at radius 3 is 2.85 bits per heavy atom. The zero-order chi connectivity index (χ0) is 18.4. The number of hydrogen-bond donors (Lipinski definition) is 1. The molecule has 0 radical (unpaired) electrons. The van der Waals surface area contributed by atoms with Crippen LogP contribution in [0.4, 0.5) is 0 Å². The van der Waals surface area contributed by atoms with Gasteiger partial charge in [0.2, 0.25) is 0 Å². The molecule has 132 valence electrons. The number of rotatable bonds is 4. The number of nitrogens with zero attached hydrogens (tertiary/aromatic N) is 2. The van der Waals surface area contributed by atoms with Gasteiger partial charge >= 0.3 is 0 Å². The number of thioether (sulfide) groups is 1. The lowest BCUT2D eigenvalue weighted by atomic mass is 10.1. The topological polar surface area (TPSA) is 58.6 Å². The van der Waals surface area contributed by atoms with Gasteiger partial charge in [-0.25, -0.2) is 9.97 Å². The average molecular weight is 410 g/mol. The predicted octanol–water partition coefficient (Wildman–Crippen LogP) is 5.95. The van der Waals surface area contributed by atoms with E-state index in [4.69, 9.17) is 11.6 Å². The minimum absolute atomic E-state index is 0.0810. The summed E-state index contributed by atoms with van der Waals surface area (Å²) in [7, 11) is 0. The van der Waals surface area contributed by atoms with Crippen LogP contribution < -0.4 is 0 Å². The minimum Gasteiger partial charge on any atom is -0.339 e. The molecule has 0 bridgehead atoms. The number of carbonyl (C=O) groups excluding carboxylic acids is 1. The molecule has 7 heteroatoms. The van der Waals surface area contributed by atoms with E-state index < -0.39 is 0 Å². The number of pyridine rings is 1. The van der Waals surface area contributed by atoms with E-state index in [1.165, 1.54) is 11.8 Å². The molecule has 5 rings (SSSR count). The molecule has 5 aromatic rings. The number of aromatic nitrogens is 3. The molecule has 0 aliphatic heterocycles. The lowest BCUT2D eigenvalue weighted by molar-refractivity contribution is 0.102. The first kappa shape index (κ1) is 16.7. The molecule has 0 unspecified atom stereocenters. The summed E-state index contributed by atoms with van der Waals surface area (Å²) in [6.07, 6.45) is 0. The van der Waals surface area contributed by atoms with Crippen LogP contribution in [-0.4, -0.2) is 26.5 Å². The predicted molar refractivity (Wildman–Crippen MR) is 113 cm³/mol. The van der Waals surface area contributed by atoms with Gasteiger partial charge in [-0.05, 0) is 42.5 Å². The third-order valence-corrected chi connectivity index (χ3v) is 6.74. The molecule has 0 fully saturated rings. The second-order valence-electron chi connectivity index (χ2n) is 6.07. The Balaban J connectivity index is 1.42. The fraction of sp³-hybridized carbons (Fsp3) is 0.0500. The molecule has 0 saturated heterocycles. The third kappa shape index (κ3) is 3.10. The average Bonchev–Trinajstić information content (AvgIpc) is 3.25. The number of carbonyl (C=O) groups is 1. The van der Waals surface area contributed by atoms with Crippen LogP contribution in [0.15, 0.2) is 58.9 Å². The van der Waals surface area contributed by atoms with E-state index in [1.807, 2.05) is 48.5 Å². The van der Waals surface area contributed by atoms with E-state index >= 15 is 0 Å². The van der Waals surface area contributed by atoms with Crippen molar-refractivity contribution in [2.45, 2.75) is 4.34 Å². The number of halogens is 1. The number of Topliss-reactive ketones (excluding diaryl/α,β-unsaturated/α-hetero) is 1. The fourth-order valence-corrected chi connectivity index (χ4v) is 5.16. The number of H-pyrrole nitrogens is 1. The maximum Gasteiger partial charge on any atom is 0.173 e. The lowest BCUT2D eigenvalue weighted by Gasteiger charge is -2.00. The van der Waals surface area contributed by atoms with Gasteiger partial charge in [0.05, 0.1) is 16.0 Å². The molecule has 3 heterocycles. The van der Waals surface area contributed by atoms with Crippen LogP contribution in [0, 0.1) is 0 Å². The first-order chi connectivity index (χ1) is 13.2. The van der Waals surface area contributed by atoms with Gasteiger partial charge in [-0.3, -0.25) is 4.79 Å². The van der Waals surface area contributed by atoms with Crippen LogP contribution in [-0.2, 0) is 0 Å². The van der Waals surface area contributed by atoms with E-state index in [0.717, 1.165) is 36.5 Å². The molecule has 27 heavy (non-hydrogen) atoms. The summed E-state index contributed by atoms with van der Waals surface area (Å²) in [5.41, 5.74) is 3.33. The number of fused-ring (bicyclic) bond motifs is 4. The Labute approximate surface area is 167 Å². The van der Waals surface area contributed by atoms with Crippen molar-refractivity contribution >= 4 is 72.6 Å². The molecule has 0 atom stereocenters. The van der Waals surface area contributed by atoms with Crippen LogP contribution in [0.25, 0.3) is 32.2 Å². The third-order valence-electron chi connectivity index (χ3n) is 4.35. The number of aromatic amines is 1. The van der Waals surface area contributed by atoms with Crippen molar-refractivity contribution in [3.05, 3.63) is 65.3 Å². The Morgan fingerprint density at radius 2 is 1.96 bits per heavy atom. The smallest absolute Gasteiger partial charge is 0.173 e. The number of benzene rings is 2. The molecule has 0 saturated carbocycles. The molecule has 0 amide bonds. The van der Waals surface area contributed by atoms with Crippen LogP contribution in [0.3, 0.4) is 0 Å². The van der Waals surface area contributed by atoms with Crippen molar-refractivity contribution in [2.75, 3.05) is 5.75 Å². The Morgan fingerprint density at radius 1 is 1.07 bits per heavy atom. The second-order valence-corrected chi connectivity index (χ2v) is 8.72. The van der Waals surface area contributed by atoms with E-state index in [9.17, 15) is 4.79 Å². The summed E-state index contributed by atoms with van der Waals surface area (Å²) in [4.78, 5) is 24.8. The quantitative estimate of drug-likeness (QED) is 0.226. The number of hydrogen-bond acceptors (Lipinski definition) is 5. The molecule has 1 N–H and O–H groups in total. The van der Waals surface area contributed by atoms with Crippen LogP contribution in [0.1, 0.15) is 10.4 Å².